The minimum atomic E-state index is -0.694. The third-order valence-corrected chi connectivity index (χ3v) is 7.56. The van der Waals surface area contributed by atoms with Crippen molar-refractivity contribution < 1.29 is 9.90 Å². The zero-order chi connectivity index (χ0) is 25.8. The molecule has 1 unspecified atom stereocenters. The summed E-state index contributed by atoms with van der Waals surface area (Å²) < 4.78 is 2.07. The van der Waals surface area contributed by atoms with Gasteiger partial charge in [0, 0.05) is 17.9 Å². The second-order valence-corrected chi connectivity index (χ2v) is 10.0. The smallest absolute Gasteiger partial charge is 0.306 e. The molecule has 37 heavy (non-hydrogen) atoms. The van der Waals surface area contributed by atoms with Gasteiger partial charge in [-0.2, -0.15) is 10.3 Å². The van der Waals surface area contributed by atoms with E-state index in [0.717, 1.165) is 72.4 Å². The van der Waals surface area contributed by atoms with E-state index in [1.807, 2.05) is 25.1 Å². The third kappa shape index (κ3) is 5.45. The van der Waals surface area contributed by atoms with Crippen molar-refractivity contribution in [1.82, 2.24) is 35.4 Å². The monoisotopic (exact) mass is 499 g/mol. The van der Waals surface area contributed by atoms with Gasteiger partial charge in [0.05, 0.1) is 12.5 Å². The molecule has 1 aliphatic rings. The molecular weight excluding hydrogens is 466 g/mol. The molecule has 2 aromatic heterocycles. The third-order valence-electron chi connectivity index (χ3n) is 7.56. The van der Waals surface area contributed by atoms with Gasteiger partial charge in [0.2, 0.25) is 5.82 Å². The topological polar surface area (TPSA) is 122 Å². The van der Waals surface area contributed by atoms with E-state index in [-0.39, 0.29) is 11.8 Å². The fourth-order valence-corrected chi connectivity index (χ4v) is 5.40. The van der Waals surface area contributed by atoms with Crippen LogP contribution in [-0.4, -0.2) is 46.5 Å². The zero-order valence-corrected chi connectivity index (χ0v) is 21.3. The lowest BCUT2D eigenvalue weighted by atomic mass is 9.76. The summed E-state index contributed by atoms with van der Waals surface area (Å²) in [5, 5.41) is 28.8. The number of hydrogen-bond acceptors (Lipinski definition) is 6. The fourth-order valence-electron chi connectivity index (χ4n) is 5.40. The van der Waals surface area contributed by atoms with Crippen molar-refractivity contribution in [2.45, 2.75) is 64.8 Å². The molecule has 0 aliphatic heterocycles. The highest BCUT2D eigenvalue weighted by atomic mass is 16.4. The predicted octanol–water partition coefficient (Wildman–Crippen LogP) is 5.12. The van der Waals surface area contributed by atoms with Gasteiger partial charge >= 0.3 is 5.97 Å². The molecule has 0 bridgehead atoms. The van der Waals surface area contributed by atoms with E-state index in [4.69, 9.17) is 10.1 Å². The summed E-state index contributed by atoms with van der Waals surface area (Å²) in [6.45, 7) is 4.63. The molecule has 2 N–H and O–H groups in total. The minimum Gasteiger partial charge on any atom is -0.481 e. The lowest BCUT2D eigenvalue weighted by Crippen LogP contribution is -2.26. The van der Waals surface area contributed by atoms with E-state index >= 15 is 0 Å². The van der Waals surface area contributed by atoms with Crippen molar-refractivity contribution in [2.24, 2.45) is 11.8 Å². The molecule has 9 nitrogen and oxygen atoms in total. The van der Waals surface area contributed by atoms with Gasteiger partial charge in [-0.15, -0.1) is 10.2 Å². The number of aromatic nitrogens is 7. The summed E-state index contributed by atoms with van der Waals surface area (Å²) in [6, 6.07) is 16.6. The lowest BCUT2D eigenvalue weighted by Gasteiger charge is -2.30. The Kier molecular flexibility index (Phi) is 7.39. The molecule has 192 valence electrons. The van der Waals surface area contributed by atoms with E-state index in [0.29, 0.717) is 18.3 Å². The first-order chi connectivity index (χ1) is 18.0. The van der Waals surface area contributed by atoms with Crippen LogP contribution in [-0.2, 0) is 17.8 Å². The van der Waals surface area contributed by atoms with Crippen molar-refractivity contribution >= 4 is 5.97 Å². The van der Waals surface area contributed by atoms with Crippen LogP contribution in [0.5, 0.6) is 0 Å². The van der Waals surface area contributed by atoms with Crippen molar-refractivity contribution in [3.8, 4) is 22.5 Å². The summed E-state index contributed by atoms with van der Waals surface area (Å²) in [6.07, 6.45) is 5.61. The first-order valence-corrected chi connectivity index (χ1v) is 13.1. The van der Waals surface area contributed by atoms with Gasteiger partial charge in [0.1, 0.15) is 5.82 Å². The van der Waals surface area contributed by atoms with Crippen LogP contribution in [0, 0.1) is 11.8 Å². The number of rotatable bonds is 9. The predicted molar refractivity (Wildman–Crippen MR) is 140 cm³/mol. The Balaban J connectivity index is 1.35. The molecular formula is C28H33N7O2. The number of aromatic amines is 1. The average molecular weight is 500 g/mol. The fraction of sp³-hybridized carbons (Fsp3) is 0.429. The normalized spacial score (nSPS) is 18.5. The molecule has 2 heterocycles. The van der Waals surface area contributed by atoms with E-state index in [9.17, 15) is 9.90 Å². The van der Waals surface area contributed by atoms with Gasteiger partial charge in [0.15, 0.2) is 5.82 Å². The highest BCUT2D eigenvalue weighted by Gasteiger charge is 2.31. The van der Waals surface area contributed by atoms with E-state index in [1.54, 1.807) is 0 Å². The van der Waals surface area contributed by atoms with Crippen LogP contribution in [0.3, 0.4) is 0 Å². The Labute approximate surface area is 216 Å². The van der Waals surface area contributed by atoms with Crippen LogP contribution in [0.4, 0.5) is 0 Å². The SMILES string of the molecule is CCCc1nc(C2CCC(C(C)C(=O)O)CC2)n(Cc2ccc(-c3ccccc3-c3nn[nH]n3)cc2)n1. The molecule has 0 radical (unpaired) electrons. The van der Waals surface area contributed by atoms with Gasteiger partial charge in [-0.05, 0) is 59.9 Å². The van der Waals surface area contributed by atoms with Gasteiger partial charge in [-0.3, -0.25) is 4.79 Å². The molecule has 1 saturated carbocycles. The summed E-state index contributed by atoms with van der Waals surface area (Å²) in [5.41, 5.74) is 4.22. The molecule has 1 fully saturated rings. The van der Waals surface area contributed by atoms with Crippen molar-refractivity contribution in [2.75, 3.05) is 0 Å². The maximum absolute atomic E-state index is 11.4. The van der Waals surface area contributed by atoms with Crippen LogP contribution < -0.4 is 0 Å². The van der Waals surface area contributed by atoms with Gasteiger partial charge < -0.3 is 5.11 Å². The number of carboxylic acids is 1. The number of nitrogens with zero attached hydrogens (tertiary/aromatic N) is 6. The molecule has 5 rings (SSSR count). The highest BCUT2D eigenvalue weighted by Crippen LogP contribution is 2.38. The molecule has 0 amide bonds. The molecule has 1 aliphatic carbocycles. The number of aryl methyl sites for hydroxylation is 1. The first-order valence-electron chi connectivity index (χ1n) is 13.1. The second kappa shape index (κ2) is 11.0. The Hall–Kier alpha value is -3.88. The summed E-state index contributed by atoms with van der Waals surface area (Å²) in [4.78, 5) is 16.4. The number of carbonyl (C=O) groups is 1. The Morgan fingerprint density at radius 3 is 2.46 bits per heavy atom. The van der Waals surface area contributed by atoms with Crippen molar-refractivity contribution in [3.05, 3.63) is 65.7 Å². The number of nitrogens with one attached hydrogen (secondary N) is 1. The van der Waals surface area contributed by atoms with Crippen LogP contribution in [0.2, 0.25) is 0 Å². The zero-order valence-electron chi connectivity index (χ0n) is 21.3. The average Bonchev–Trinajstić information content (AvgIpc) is 3.60. The largest absolute Gasteiger partial charge is 0.481 e. The number of carboxylic acid groups (broad SMARTS) is 1. The number of aliphatic carboxylic acids is 1. The van der Waals surface area contributed by atoms with E-state index in [1.165, 1.54) is 0 Å². The van der Waals surface area contributed by atoms with Crippen LogP contribution in [0.25, 0.3) is 22.5 Å². The second-order valence-electron chi connectivity index (χ2n) is 10.0. The molecule has 0 spiro atoms. The van der Waals surface area contributed by atoms with Crippen LogP contribution >= 0.6 is 0 Å². The molecule has 1 atom stereocenters. The minimum absolute atomic E-state index is 0.239. The maximum atomic E-state index is 11.4. The summed E-state index contributed by atoms with van der Waals surface area (Å²) in [5.74, 6) is 2.07. The molecule has 9 heteroatoms. The number of benzene rings is 2. The lowest BCUT2D eigenvalue weighted by molar-refractivity contribution is -0.143. The van der Waals surface area contributed by atoms with Gasteiger partial charge in [-0.1, -0.05) is 62.4 Å². The van der Waals surface area contributed by atoms with Crippen LogP contribution in [0.15, 0.2) is 48.5 Å². The van der Waals surface area contributed by atoms with Gasteiger partial charge in [-0.25, -0.2) is 9.67 Å². The van der Waals surface area contributed by atoms with Crippen molar-refractivity contribution in [1.29, 1.82) is 0 Å². The summed E-state index contributed by atoms with van der Waals surface area (Å²) in [7, 11) is 0. The van der Waals surface area contributed by atoms with Gasteiger partial charge in [0.25, 0.3) is 0 Å². The number of H-pyrrole nitrogens is 1. The standard InChI is InChI=1S/C28H33N7O2/c1-3-6-25-29-27(22-15-13-20(14-16-22)18(2)28(36)37)35(32-25)17-19-9-11-21(12-10-19)23-7-4-5-8-24(23)26-30-33-34-31-26/h4-5,7-12,18,20,22H,3,6,13-17H2,1-2H3,(H,36,37)(H,30,31,33,34). The molecule has 0 saturated heterocycles. The number of hydrogen-bond donors (Lipinski definition) is 2. The van der Waals surface area contributed by atoms with E-state index < -0.39 is 5.97 Å². The molecule has 4 aromatic rings. The van der Waals surface area contributed by atoms with E-state index in [2.05, 4.69) is 62.6 Å². The molecule has 2 aromatic carbocycles. The Bertz CT molecular complexity index is 1320. The quantitative estimate of drug-likeness (QED) is 0.328. The van der Waals surface area contributed by atoms with Crippen molar-refractivity contribution in [3.63, 3.8) is 0 Å². The highest BCUT2D eigenvalue weighted by molar-refractivity contribution is 5.80. The Morgan fingerprint density at radius 1 is 1.08 bits per heavy atom. The summed E-state index contributed by atoms with van der Waals surface area (Å²) >= 11 is 0. The first kappa shape index (κ1) is 24.8. The Morgan fingerprint density at radius 2 is 1.81 bits per heavy atom. The maximum Gasteiger partial charge on any atom is 0.306 e. The van der Waals surface area contributed by atoms with Crippen LogP contribution in [0.1, 0.15) is 69.1 Å². The number of tetrazole rings is 1.